The standard InChI is InChI=1S/C35H33ClN4O3S/c1-24-10-8-9-13-33(24)40-26(3)20-30(27(40)4)22-37-38-35(41)29-17-15-28(16-18-29)23-39(34-21-31(36)19-14-25(34)2)44(42,43)32-11-6-5-7-12-32/h5-22H,23H2,1-4H3,(H,38,41)/b37-22+. The number of aryl methyl sites for hydroxylation is 3. The zero-order valence-corrected chi connectivity index (χ0v) is 26.5. The number of rotatable bonds is 9. The quantitative estimate of drug-likeness (QED) is 0.136. The summed E-state index contributed by atoms with van der Waals surface area (Å²) < 4.78 is 31.0. The fraction of sp³-hybridized carbons (Fsp3) is 0.143. The highest BCUT2D eigenvalue weighted by Gasteiger charge is 2.26. The van der Waals surface area contributed by atoms with Gasteiger partial charge < -0.3 is 4.57 Å². The fourth-order valence-electron chi connectivity index (χ4n) is 5.13. The molecule has 0 spiro atoms. The Kier molecular flexibility index (Phi) is 9.04. The lowest BCUT2D eigenvalue weighted by Crippen LogP contribution is -2.31. The van der Waals surface area contributed by atoms with Gasteiger partial charge in [0.1, 0.15) is 0 Å². The largest absolute Gasteiger partial charge is 0.318 e. The number of carbonyl (C=O) groups excluding carboxylic acids is 1. The molecule has 0 unspecified atom stereocenters. The topological polar surface area (TPSA) is 83.8 Å². The van der Waals surface area contributed by atoms with Gasteiger partial charge in [0.15, 0.2) is 0 Å². The predicted octanol–water partition coefficient (Wildman–Crippen LogP) is 7.52. The summed E-state index contributed by atoms with van der Waals surface area (Å²) in [5, 5.41) is 4.64. The van der Waals surface area contributed by atoms with E-state index >= 15 is 0 Å². The summed E-state index contributed by atoms with van der Waals surface area (Å²) in [5.41, 5.74) is 10.2. The van der Waals surface area contributed by atoms with E-state index in [1.807, 2.05) is 39.0 Å². The van der Waals surface area contributed by atoms with E-state index in [-0.39, 0.29) is 17.3 Å². The van der Waals surface area contributed by atoms with Crippen LogP contribution < -0.4 is 9.73 Å². The molecule has 1 aromatic heterocycles. The van der Waals surface area contributed by atoms with Crippen LogP contribution in [0.5, 0.6) is 0 Å². The van der Waals surface area contributed by atoms with Gasteiger partial charge >= 0.3 is 0 Å². The van der Waals surface area contributed by atoms with Crippen LogP contribution in [0.1, 0.15) is 44.0 Å². The van der Waals surface area contributed by atoms with Crippen molar-refractivity contribution in [2.75, 3.05) is 4.31 Å². The predicted molar refractivity (Wildman–Crippen MR) is 177 cm³/mol. The summed E-state index contributed by atoms with van der Waals surface area (Å²) in [4.78, 5) is 13.1. The third-order valence-corrected chi connectivity index (χ3v) is 9.52. The average molecular weight is 625 g/mol. The number of para-hydroxylation sites is 1. The molecule has 1 amide bonds. The van der Waals surface area contributed by atoms with E-state index in [4.69, 9.17) is 11.6 Å². The molecule has 44 heavy (non-hydrogen) atoms. The van der Waals surface area contributed by atoms with E-state index in [1.165, 1.54) is 4.31 Å². The third-order valence-electron chi connectivity index (χ3n) is 7.51. The van der Waals surface area contributed by atoms with Crippen molar-refractivity contribution in [1.82, 2.24) is 9.99 Å². The van der Waals surface area contributed by atoms with Crippen LogP contribution >= 0.6 is 11.6 Å². The Morgan fingerprint density at radius 3 is 2.25 bits per heavy atom. The van der Waals surface area contributed by atoms with Gasteiger partial charge in [-0.3, -0.25) is 9.10 Å². The second-order valence-corrected chi connectivity index (χ2v) is 12.9. The summed E-state index contributed by atoms with van der Waals surface area (Å²) >= 11 is 6.27. The van der Waals surface area contributed by atoms with Gasteiger partial charge in [0.2, 0.25) is 0 Å². The number of nitrogens with one attached hydrogen (secondary N) is 1. The molecule has 5 rings (SSSR count). The van der Waals surface area contributed by atoms with Crippen molar-refractivity contribution in [2.24, 2.45) is 5.10 Å². The summed E-state index contributed by atoms with van der Waals surface area (Å²) in [5.74, 6) is -0.375. The minimum absolute atomic E-state index is 0.0506. The van der Waals surface area contributed by atoms with E-state index in [0.29, 0.717) is 21.8 Å². The average Bonchev–Trinajstić information content (AvgIpc) is 3.30. The number of benzene rings is 4. The van der Waals surface area contributed by atoms with Crippen LogP contribution in [-0.2, 0) is 16.6 Å². The van der Waals surface area contributed by atoms with Crippen LogP contribution in [0.25, 0.3) is 5.69 Å². The summed E-state index contributed by atoms with van der Waals surface area (Å²) in [7, 11) is -3.91. The molecule has 9 heteroatoms. The van der Waals surface area contributed by atoms with Gasteiger partial charge in [-0.25, -0.2) is 13.8 Å². The van der Waals surface area contributed by atoms with Gasteiger partial charge in [-0.05, 0) is 92.9 Å². The van der Waals surface area contributed by atoms with Crippen molar-refractivity contribution in [3.63, 3.8) is 0 Å². The maximum Gasteiger partial charge on any atom is 0.271 e. The number of aromatic nitrogens is 1. The number of anilines is 1. The highest BCUT2D eigenvalue weighted by molar-refractivity contribution is 7.92. The highest BCUT2D eigenvalue weighted by Crippen LogP contribution is 2.31. The Morgan fingerprint density at radius 2 is 1.55 bits per heavy atom. The number of carbonyl (C=O) groups is 1. The van der Waals surface area contributed by atoms with E-state index in [2.05, 4.69) is 34.2 Å². The van der Waals surface area contributed by atoms with Crippen molar-refractivity contribution >= 4 is 39.4 Å². The zero-order valence-electron chi connectivity index (χ0n) is 25.0. The SMILES string of the molecule is Cc1ccc(Cl)cc1N(Cc1ccc(C(=O)N/N=C/c2cc(C)n(-c3ccccc3C)c2C)cc1)S(=O)(=O)c1ccccc1. The molecular formula is C35H33ClN4O3S. The molecule has 0 bridgehead atoms. The van der Waals surface area contributed by atoms with Crippen molar-refractivity contribution in [2.45, 2.75) is 39.1 Å². The van der Waals surface area contributed by atoms with Gasteiger partial charge in [0, 0.05) is 33.2 Å². The van der Waals surface area contributed by atoms with E-state index in [0.717, 1.165) is 33.8 Å². The zero-order chi connectivity index (χ0) is 31.4. The molecule has 4 aromatic carbocycles. The first-order valence-electron chi connectivity index (χ1n) is 14.1. The molecule has 0 radical (unpaired) electrons. The Morgan fingerprint density at radius 1 is 0.864 bits per heavy atom. The smallest absolute Gasteiger partial charge is 0.271 e. The summed E-state index contributed by atoms with van der Waals surface area (Å²) in [6, 6.07) is 30.4. The first-order valence-corrected chi connectivity index (χ1v) is 15.9. The Labute approximate surface area is 263 Å². The van der Waals surface area contributed by atoms with E-state index in [9.17, 15) is 13.2 Å². The van der Waals surface area contributed by atoms with Gasteiger partial charge in [0.25, 0.3) is 15.9 Å². The molecule has 0 aliphatic heterocycles. The third kappa shape index (κ3) is 6.46. The molecule has 7 nitrogen and oxygen atoms in total. The Balaban J connectivity index is 1.33. The van der Waals surface area contributed by atoms with Crippen LogP contribution in [0.2, 0.25) is 5.02 Å². The number of hydrogen-bond acceptors (Lipinski definition) is 4. The minimum atomic E-state index is -3.91. The van der Waals surface area contributed by atoms with Crippen molar-refractivity contribution in [1.29, 1.82) is 0 Å². The van der Waals surface area contributed by atoms with Crippen LogP contribution in [0.15, 0.2) is 113 Å². The van der Waals surface area contributed by atoms with E-state index in [1.54, 1.807) is 79.0 Å². The van der Waals surface area contributed by atoms with Crippen molar-refractivity contribution in [3.05, 3.63) is 147 Å². The Bertz CT molecular complexity index is 1950. The van der Waals surface area contributed by atoms with Crippen LogP contribution in [-0.4, -0.2) is 25.1 Å². The first kappa shape index (κ1) is 30.8. The lowest BCUT2D eigenvalue weighted by atomic mass is 10.1. The highest BCUT2D eigenvalue weighted by atomic mass is 35.5. The number of amides is 1. The molecule has 0 aliphatic rings. The number of hydrazone groups is 1. The fourth-order valence-corrected chi connectivity index (χ4v) is 6.82. The maximum absolute atomic E-state index is 13.8. The molecule has 0 saturated heterocycles. The van der Waals surface area contributed by atoms with Crippen LogP contribution in [0.3, 0.4) is 0 Å². The van der Waals surface area contributed by atoms with Crippen molar-refractivity contribution in [3.8, 4) is 5.69 Å². The first-order chi connectivity index (χ1) is 21.1. The monoisotopic (exact) mass is 624 g/mol. The second-order valence-electron chi connectivity index (χ2n) is 10.6. The number of sulfonamides is 1. The molecule has 0 fully saturated rings. The van der Waals surface area contributed by atoms with Gasteiger partial charge in [-0.2, -0.15) is 5.10 Å². The molecule has 0 atom stereocenters. The summed E-state index contributed by atoms with van der Waals surface area (Å²) in [6.45, 7) is 8.03. The summed E-state index contributed by atoms with van der Waals surface area (Å²) in [6.07, 6.45) is 1.64. The van der Waals surface area contributed by atoms with Gasteiger partial charge in [-0.15, -0.1) is 0 Å². The lowest BCUT2D eigenvalue weighted by Gasteiger charge is -2.26. The molecule has 5 aromatic rings. The molecular weight excluding hydrogens is 592 g/mol. The number of hydrogen-bond donors (Lipinski definition) is 1. The normalized spacial score (nSPS) is 11.6. The maximum atomic E-state index is 13.8. The molecule has 1 N–H and O–H groups in total. The van der Waals surface area contributed by atoms with Gasteiger partial charge in [-0.1, -0.05) is 66.2 Å². The van der Waals surface area contributed by atoms with Crippen LogP contribution in [0.4, 0.5) is 5.69 Å². The molecule has 224 valence electrons. The van der Waals surface area contributed by atoms with E-state index < -0.39 is 10.0 Å². The molecule has 1 heterocycles. The second kappa shape index (κ2) is 12.9. The minimum Gasteiger partial charge on any atom is -0.318 e. The Hall–Kier alpha value is -4.66. The number of nitrogens with zero attached hydrogens (tertiary/aromatic N) is 3. The van der Waals surface area contributed by atoms with Crippen molar-refractivity contribution < 1.29 is 13.2 Å². The van der Waals surface area contributed by atoms with Gasteiger partial charge in [0.05, 0.1) is 23.3 Å². The number of halogens is 1. The molecule has 0 saturated carbocycles. The molecule has 0 aliphatic carbocycles. The lowest BCUT2D eigenvalue weighted by molar-refractivity contribution is 0.0955. The van der Waals surface area contributed by atoms with Crippen LogP contribution in [0, 0.1) is 27.7 Å².